The zero-order chi connectivity index (χ0) is 22.7. The molecule has 0 saturated heterocycles. The molecule has 0 radical (unpaired) electrons. The summed E-state index contributed by atoms with van der Waals surface area (Å²) < 4.78 is 0. The smallest absolute Gasteiger partial charge is 0.216 e. The van der Waals surface area contributed by atoms with Crippen LogP contribution in [0.1, 0.15) is 70.3 Å². The van der Waals surface area contributed by atoms with Crippen molar-refractivity contribution in [2.45, 2.75) is 83.2 Å². The summed E-state index contributed by atoms with van der Waals surface area (Å²) in [4.78, 5) is 18.4. The Morgan fingerprint density at radius 3 is 2.75 bits per heavy atom. The second-order valence-corrected chi connectivity index (χ2v) is 10.3. The van der Waals surface area contributed by atoms with Gasteiger partial charge in [-0.3, -0.25) is 15.1 Å². The molecule has 1 fully saturated rings. The maximum Gasteiger partial charge on any atom is 0.216 e. The van der Waals surface area contributed by atoms with Crippen LogP contribution in [0.5, 0.6) is 0 Å². The maximum absolute atomic E-state index is 11.3. The van der Waals surface area contributed by atoms with Crippen molar-refractivity contribution in [1.82, 2.24) is 4.90 Å². The number of rotatable bonds is 6. The molecule has 0 N–H and O–H groups in total. The van der Waals surface area contributed by atoms with E-state index < -0.39 is 6.04 Å². The van der Waals surface area contributed by atoms with Crippen LogP contribution in [0, 0.1) is 22.0 Å². The second kappa shape index (κ2) is 10.3. The fraction of sp³-hybridized carbons (Fsp3) is 0.667. The SMILES string of the molecule is CCC[C@@H]1CC(C(C2=CCC([N+](=O)[O-])CC2)=c2ccc3c(c2)CCCN=3)CCC1N(C)C. The number of allylic oxidation sites excluding steroid dienone is 1. The molecule has 5 heteroatoms. The van der Waals surface area contributed by atoms with E-state index in [9.17, 15) is 10.1 Å². The Kier molecular flexibility index (Phi) is 7.44. The lowest BCUT2D eigenvalue weighted by Crippen LogP contribution is -2.40. The molecule has 4 rings (SSSR count). The van der Waals surface area contributed by atoms with Crippen molar-refractivity contribution < 1.29 is 4.92 Å². The minimum Gasteiger partial charge on any atom is -0.306 e. The number of hydrogen-bond acceptors (Lipinski definition) is 4. The lowest BCUT2D eigenvalue weighted by atomic mass is 9.70. The first kappa shape index (κ1) is 23.2. The number of fused-ring (bicyclic) bond motifs is 1. The molecule has 174 valence electrons. The first-order valence-corrected chi connectivity index (χ1v) is 12.6. The summed E-state index contributed by atoms with van der Waals surface area (Å²) in [7, 11) is 4.46. The molecule has 5 nitrogen and oxygen atoms in total. The van der Waals surface area contributed by atoms with E-state index in [1.165, 1.54) is 54.0 Å². The van der Waals surface area contributed by atoms with Crippen molar-refractivity contribution in [3.63, 3.8) is 0 Å². The lowest BCUT2D eigenvalue weighted by Gasteiger charge is -2.41. The Morgan fingerprint density at radius 2 is 2.06 bits per heavy atom. The van der Waals surface area contributed by atoms with Crippen LogP contribution in [0.15, 0.2) is 34.8 Å². The Labute approximate surface area is 192 Å². The molecule has 0 aromatic heterocycles. The van der Waals surface area contributed by atoms with Crippen LogP contribution in [0.2, 0.25) is 0 Å². The average Bonchev–Trinajstić information content (AvgIpc) is 2.80. The van der Waals surface area contributed by atoms with Crippen LogP contribution in [-0.2, 0) is 6.42 Å². The minimum atomic E-state index is -0.417. The molecule has 32 heavy (non-hydrogen) atoms. The fourth-order valence-corrected chi connectivity index (χ4v) is 6.39. The predicted octanol–water partition coefficient (Wildman–Crippen LogP) is 4.31. The van der Waals surface area contributed by atoms with Crippen LogP contribution >= 0.6 is 0 Å². The molecular formula is C27H39N3O2. The number of benzene rings is 1. The second-order valence-electron chi connectivity index (χ2n) is 10.3. The molecule has 0 bridgehead atoms. The van der Waals surface area contributed by atoms with Crippen molar-refractivity contribution >= 4 is 5.57 Å². The molecule has 1 heterocycles. The summed E-state index contributed by atoms with van der Waals surface area (Å²) in [6.07, 6.45) is 12.7. The van der Waals surface area contributed by atoms with Gasteiger partial charge in [-0.1, -0.05) is 25.5 Å². The van der Waals surface area contributed by atoms with E-state index in [-0.39, 0.29) is 4.92 Å². The van der Waals surface area contributed by atoms with Gasteiger partial charge < -0.3 is 4.90 Å². The maximum atomic E-state index is 11.3. The largest absolute Gasteiger partial charge is 0.306 e. The molecule has 1 aromatic rings. The molecule has 3 aliphatic rings. The van der Waals surface area contributed by atoms with Gasteiger partial charge in [0.05, 0.1) is 5.36 Å². The van der Waals surface area contributed by atoms with Gasteiger partial charge in [0.15, 0.2) is 0 Å². The lowest BCUT2D eigenvalue weighted by molar-refractivity contribution is -0.523. The van der Waals surface area contributed by atoms with Crippen molar-refractivity contribution in [3.05, 3.63) is 56.1 Å². The summed E-state index contributed by atoms with van der Waals surface area (Å²) in [6, 6.07) is 7.12. The van der Waals surface area contributed by atoms with Crippen molar-refractivity contribution in [1.29, 1.82) is 0 Å². The highest BCUT2D eigenvalue weighted by atomic mass is 16.6. The van der Waals surface area contributed by atoms with E-state index in [1.807, 2.05) is 0 Å². The summed E-state index contributed by atoms with van der Waals surface area (Å²) in [5, 5.41) is 13.8. The Bertz CT molecular complexity index is 981. The van der Waals surface area contributed by atoms with Gasteiger partial charge in [0.25, 0.3) is 0 Å². The molecule has 0 spiro atoms. The van der Waals surface area contributed by atoms with Crippen LogP contribution in [-0.4, -0.2) is 42.5 Å². The van der Waals surface area contributed by atoms with E-state index in [1.54, 1.807) is 0 Å². The highest BCUT2D eigenvalue weighted by Crippen LogP contribution is 2.42. The van der Waals surface area contributed by atoms with Gasteiger partial charge >= 0.3 is 0 Å². The van der Waals surface area contributed by atoms with Crippen LogP contribution in [0.4, 0.5) is 0 Å². The van der Waals surface area contributed by atoms with E-state index in [0.29, 0.717) is 30.7 Å². The first-order chi connectivity index (χ1) is 15.5. The zero-order valence-corrected chi connectivity index (χ0v) is 20.1. The minimum absolute atomic E-state index is 0.0904. The van der Waals surface area contributed by atoms with Crippen LogP contribution in [0.25, 0.3) is 5.57 Å². The summed E-state index contributed by atoms with van der Waals surface area (Å²) >= 11 is 0. The molecular weight excluding hydrogens is 398 g/mol. The third kappa shape index (κ3) is 4.98. The van der Waals surface area contributed by atoms with Gasteiger partial charge in [-0.2, -0.15) is 0 Å². The van der Waals surface area contributed by atoms with E-state index in [0.717, 1.165) is 31.2 Å². The molecule has 3 unspecified atom stereocenters. The Hall–Kier alpha value is -2.01. The molecule has 4 atom stereocenters. The summed E-state index contributed by atoms with van der Waals surface area (Å²) in [5.41, 5.74) is 4.23. The number of nitrogens with zero attached hydrogens (tertiary/aromatic N) is 3. The van der Waals surface area contributed by atoms with Crippen molar-refractivity contribution in [3.8, 4) is 0 Å². The molecule has 1 aromatic carbocycles. The molecule has 1 aliphatic heterocycles. The van der Waals surface area contributed by atoms with E-state index in [4.69, 9.17) is 4.99 Å². The average molecular weight is 438 g/mol. The summed E-state index contributed by atoms with van der Waals surface area (Å²) in [6.45, 7) is 3.24. The fourth-order valence-electron chi connectivity index (χ4n) is 6.39. The third-order valence-corrected chi connectivity index (χ3v) is 7.98. The standard InChI is InChI=1S/C27H39N3O2/c1-4-6-21-18-23(11-15-26(21)29(2)3)27(19-8-12-24(13-9-19)30(31)32)22-10-14-25-20(17-22)7-5-16-28-25/h8,10,14,17,21,23-24,26H,4-7,9,11-13,15-16,18H2,1-3H3/t21-,23?,24?,26?/m1/s1. The summed E-state index contributed by atoms with van der Waals surface area (Å²) in [5.74, 6) is 1.26. The van der Waals surface area contributed by atoms with Gasteiger partial charge in [0, 0.05) is 30.4 Å². The van der Waals surface area contributed by atoms with Gasteiger partial charge in [0.1, 0.15) is 0 Å². The number of hydrogen-bond donors (Lipinski definition) is 0. The Balaban J connectivity index is 1.75. The predicted molar refractivity (Wildman–Crippen MR) is 130 cm³/mol. The van der Waals surface area contributed by atoms with E-state index in [2.05, 4.69) is 50.2 Å². The van der Waals surface area contributed by atoms with Crippen molar-refractivity contribution in [2.24, 2.45) is 16.8 Å². The highest BCUT2D eigenvalue weighted by molar-refractivity contribution is 5.66. The van der Waals surface area contributed by atoms with Gasteiger partial charge in [-0.25, -0.2) is 0 Å². The number of nitro groups is 1. The van der Waals surface area contributed by atoms with Crippen molar-refractivity contribution in [2.75, 3.05) is 20.6 Å². The van der Waals surface area contributed by atoms with Gasteiger partial charge in [0.2, 0.25) is 6.04 Å². The normalized spacial score (nSPS) is 29.1. The molecule has 0 amide bonds. The molecule has 2 aliphatic carbocycles. The van der Waals surface area contributed by atoms with Crippen LogP contribution in [0.3, 0.4) is 0 Å². The first-order valence-electron chi connectivity index (χ1n) is 12.6. The van der Waals surface area contributed by atoms with Gasteiger partial charge in [-0.15, -0.1) is 0 Å². The molecule has 1 saturated carbocycles. The number of aryl methyl sites for hydroxylation is 1. The topological polar surface area (TPSA) is 58.7 Å². The van der Waals surface area contributed by atoms with E-state index >= 15 is 0 Å². The monoisotopic (exact) mass is 437 g/mol. The quantitative estimate of drug-likeness (QED) is 0.492. The van der Waals surface area contributed by atoms with Crippen LogP contribution < -0.4 is 10.6 Å². The highest BCUT2D eigenvalue weighted by Gasteiger charge is 2.35. The Morgan fingerprint density at radius 1 is 1.22 bits per heavy atom. The van der Waals surface area contributed by atoms with Gasteiger partial charge in [-0.05, 0) is 105 Å². The zero-order valence-electron chi connectivity index (χ0n) is 20.1. The third-order valence-electron chi connectivity index (χ3n) is 7.98.